The molecule has 0 amide bonds. The third-order valence-electron chi connectivity index (χ3n) is 1.96. The van der Waals surface area contributed by atoms with Gasteiger partial charge in [-0.15, -0.1) is 11.6 Å². The molecule has 0 saturated heterocycles. The predicted octanol–water partition coefficient (Wildman–Crippen LogP) is 3.30. The van der Waals surface area contributed by atoms with E-state index in [4.69, 9.17) is 11.6 Å². The van der Waals surface area contributed by atoms with Gasteiger partial charge < -0.3 is 5.11 Å². The molecule has 0 aliphatic heterocycles. The van der Waals surface area contributed by atoms with Crippen LogP contribution in [0, 0.1) is 0 Å². The maximum absolute atomic E-state index is 9.70. The van der Waals surface area contributed by atoms with Gasteiger partial charge in [0.25, 0.3) is 0 Å². The highest BCUT2D eigenvalue weighted by Gasteiger charge is 1.99. The first-order valence-electron chi connectivity index (χ1n) is 4.80. The monoisotopic (exact) mass is 210 g/mol. The quantitative estimate of drug-likeness (QED) is 0.449. The molecule has 1 nitrogen and oxygen atoms in total. The van der Waals surface area contributed by atoms with Crippen LogP contribution in [0.4, 0.5) is 0 Å². The maximum atomic E-state index is 9.70. The smallest absolute Gasteiger partial charge is 0.0971 e. The van der Waals surface area contributed by atoms with Crippen LogP contribution in [0.1, 0.15) is 24.5 Å². The molecule has 76 valence electrons. The first-order chi connectivity index (χ1) is 6.84. The van der Waals surface area contributed by atoms with E-state index in [-0.39, 0.29) is 0 Å². The summed E-state index contributed by atoms with van der Waals surface area (Å²) in [6.07, 6.45) is 5.17. The molecule has 0 bridgehead atoms. The Morgan fingerprint density at radius 3 is 2.64 bits per heavy atom. The molecule has 0 heterocycles. The number of rotatable bonds is 5. The lowest BCUT2D eigenvalue weighted by molar-refractivity contribution is 0.228. The van der Waals surface area contributed by atoms with E-state index in [9.17, 15) is 5.11 Å². The summed E-state index contributed by atoms with van der Waals surface area (Å²) >= 11 is 5.54. The van der Waals surface area contributed by atoms with Crippen molar-refractivity contribution in [1.29, 1.82) is 0 Å². The van der Waals surface area contributed by atoms with Crippen molar-refractivity contribution in [3.8, 4) is 0 Å². The Morgan fingerprint density at radius 2 is 2.00 bits per heavy atom. The summed E-state index contributed by atoms with van der Waals surface area (Å²) in [5.41, 5.74) is 0.926. The largest absolute Gasteiger partial charge is 0.384 e. The first kappa shape index (κ1) is 11.3. The number of aliphatic hydroxyl groups is 1. The molecule has 1 aromatic carbocycles. The van der Waals surface area contributed by atoms with Gasteiger partial charge in [-0.2, -0.15) is 0 Å². The number of alkyl halides is 1. The Hall–Kier alpha value is -0.790. The molecule has 14 heavy (non-hydrogen) atoms. The van der Waals surface area contributed by atoms with Gasteiger partial charge in [0.15, 0.2) is 0 Å². The summed E-state index contributed by atoms with van der Waals surface area (Å²) in [5.74, 6) is 0.672. The first-order valence-corrected chi connectivity index (χ1v) is 5.33. The zero-order chi connectivity index (χ0) is 10.2. The van der Waals surface area contributed by atoms with E-state index in [0.29, 0.717) is 5.88 Å². The van der Waals surface area contributed by atoms with E-state index < -0.39 is 6.10 Å². The number of halogens is 1. The summed E-state index contributed by atoms with van der Waals surface area (Å²) in [6, 6.07) is 9.61. The van der Waals surface area contributed by atoms with Crippen LogP contribution in [0.15, 0.2) is 42.5 Å². The van der Waals surface area contributed by atoms with Crippen molar-refractivity contribution in [3.63, 3.8) is 0 Å². The topological polar surface area (TPSA) is 20.2 Å². The van der Waals surface area contributed by atoms with E-state index in [1.807, 2.05) is 42.5 Å². The Bertz CT molecular complexity index is 269. The molecule has 0 aromatic heterocycles. The van der Waals surface area contributed by atoms with Crippen molar-refractivity contribution >= 4 is 11.6 Å². The maximum Gasteiger partial charge on any atom is 0.0971 e. The van der Waals surface area contributed by atoms with Crippen LogP contribution in [0.2, 0.25) is 0 Å². The molecule has 1 aromatic rings. The number of hydrogen-bond acceptors (Lipinski definition) is 1. The van der Waals surface area contributed by atoms with Gasteiger partial charge in [0, 0.05) is 5.88 Å². The predicted molar refractivity (Wildman–Crippen MR) is 60.5 cm³/mol. The number of aliphatic hydroxyl groups excluding tert-OH is 1. The van der Waals surface area contributed by atoms with E-state index in [1.165, 1.54) is 0 Å². The molecule has 0 aliphatic carbocycles. The molecule has 0 saturated carbocycles. The second kappa shape index (κ2) is 6.63. The highest BCUT2D eigenvalue weighted by atomic mass is 35.5. The van der Waals surface area contributed by atoms with Gasteiger partial charge in [-0.3, -0.25) is 0 Å². The average molecular weight is 211 g/mol. The van der Waals surface area contributed by atoms with Crippen molar-refractivity contribution in [1.82, 2.24) is 0 Å². The second-order valence-electron chi connectivity index (χ2n) is 3.11. The number of allylic oxidation sites excluding steroid dienone is 1. The van der Waals surface area contributed by atoms with Crippen LogP contribution in [-0.4, -0.2) is 11.0 Å². The molecule has 1 N–H and O–H groups in total. The molecular formula is C12H15ClO. The van der Waals surface area contributed by atoms with E-state index >= 15 is 0 Å². The fourth-order valence-electron chi connectivity index (χ4n) is 1.18. The lowest BCUT2D eigenvalue weighted by Gasteiger charge is -2.04. The van der Waals surface area contributed by atoms with Crippen molar-refractivity contribution in [2.45, 2.75) is 18.9 Å². The van der Waals surface area contributed by atoms with Crippen LogP contribution in [0.5, 0.6) is 0 Å². The lowest BCUT2D eigenvalue weighted by Crippen LogP contribution is -1.91. The molecule has 0 aliphatic rings. The van der Waals surface area contributed by atoms with E-state index in [0.717, 1.165) is 18.4 Å². The number of unbranched alkanes of at least 4 members (excludes halogenated alkanes) is 1. The minimum Gasteiger partial charge on any atom is -0.384 e. The Balaban J connectivity index is 2.42. The van der Waals surface area contributed by atoms with Crippen LogP contribution in [0.25, 0.3) is 0 Å². The normalized spacial score (nSPS) is 13.3. The summed E-state index contributed by atoms with van der Waals surface area (Å²) in [5, 5.41) is 9.70. The molecular weight excluding hydrogens is 196 g/mol. The van der Waals surface area contributed by atoms with Crippen molar-refractivity contribution < 1.29 is 5.11 Å². The lowest BCUT2D eigenvalue weighted by atomic mass is 10.1. The van der Waals surface area contributed by atoms with Crippen molar-refractivity contribution in [2.75, 3.05) is 5.88 Å². The molecule has 0 spiro atoms. The fourth-order valence-corrected chi connectivity index (χ4v) is 1.34. The summed E-state index contributed by atoms with van der Waals surface area (Å²) in [4.78, 5) is 0. The number of hydrogen-bond donors (Lipinski definition) is 1. The second-order valence-corrected chi connectivity index (χ2v) is 3.49. The SMILES string of the molecule is OC(/C=C/CCCCl)c1ccccc1. The van der Waals surface area contributed by atoms with Gasteiger partial charge in [-0.25, -0.2) is 0 Å². The molecule has 2 heteroatoms. The van der Waals surface area contributed by atoms with Gasteiger partial charge in [0.2, 0.25) is 0 Å². The minimum absolute atomic E-state index is 0.494. The van der Waals surface area contributed by atoms with Crippen molar-refractivity contribution in [3.05, 3.63) is 48.0 Å². The van der Waals surface area contributed by atoms with Gasteiger partial charge in [0.1, 0.15) is 0 Å². The standard InChI is InChI=1S/C12H15ClO/c13-10-6-2-5-9-12(14)11-7-3-1-4-8-11/h1,3-5,7-9,12,14H,2,6,10H2/b9-5+. The van der Waals surface area contributed by atoms with Crippen LogP contribution >= 0.6 is 11.6 Å². The zero-order valence-corrected chi connectivity index (χ0v) is 8.82. The summed E-state index contributed by atoms with van der Waals surface area (Å²) < 4.78 is 0. The zero-order valence-electron chi connectivity index (χ0n) is 8.07. The Kier molecular flexibility index (Phi) is 5.35. The van der Waals surface area contributed by atoms with Gasteiger partial charge >= 0.3 is 0 Å². The highest BCUT2D eigenvalue weighted by molar-refractivity contribution is 6.17. The molecule has 0 radical (unpaired) electrons. The summed E-state index contributed by atoms with van der Waals surface area (Å²) in [7, 11) is 0. The van der Waals surface area contributed by atoms with Crippen LogP contribution in [0.3, 0.4) is 0 Å². The Morgan fingerprint density at radius 1 is 1.29 bits per heavy atom. The van der Waals surface area contributed by atoms with E-state index in [2.05, 4.69) is 0 Å². The van der Waals surface area contributed by atoms with Crippen molar-refractivity contribution in [2.24, 2.45) is 0 Å². The van der Waals surface area contributed by atoms with Gasteiger partial charge in [-0.1, -0.05) is 42.5 Å². The van der Waals surface area contributed by atoms with Gasteiger partial charge in [0.05, 0.1) is 6.10 Å². The van der Waals surface area contributed by atoms with Gasteiger partial charge in [-0.05, 0) is 18.4 Å². The fraction of sp³-hybridized carbons (Fsp3) is 0.333. The Labute approximate surface area is 90.0 Å². The molecule has 1 unspecified atom stereocenters. The van der Waals surface area contributed by atoms with Crippen LogP contribution in [-0.2, 0) is 0 Å². The molecule has 1 rings (SSSR count). The third-order valence-corrected chi connectivity index (χ3v) is 2.23. The minimum atomic E-state index is -0.494. The highest BCUT2D eigenvalue weighted by Crippen LogP contribution is 2.13. The van der Waals surface area contributed by atoms with Crippen LogP contribution < -0.4 is 0 Å². The summed E-state index contributed by atoms with van der Waals surface area (Å²) in [6.45, 7) is 0. The number of benzene rings is 1. The average Bonchev–Trinajstić information content (AvgIpc) is 2.25. The van der Waals surface area contributed by atoms with E-state index in [1.54, 1.807) is 0 Å². The molecule has 1 atom stereocenters. The molecule has 0 fully saturated rings. The third kappa shape index (κ3) is 3.95.